The summed E-state index contributed by atoms with van der Waals surface area (Å²) in [5.41, 5.74) is 1.10. The van der Waals surface area contributed by atoms with Crippen LogP contribution in [-0.4, -0.2) is 37.5 Å². The van der Waals surface area contributed by atoms with Crippen LogP contribution in [0.2, 0.25) is 0 Å². The Kier molecular flexibility index (Phi) is 7.02. The van der Waals surface area contributed by atoms with Gasteiger partial charge in [0.15, 0.2) is 0 Å². The molecule has 1 amide bonds. The molecule has 1 N–H and O–H groups in total. The van der Waals surface area contributed by atoms with E-state index >= 15 is 0 Å². The molecule has 1 saturated heterocycles. The number of hydrogen-bond acceptors (Lipinski definition) is 3. The fourth-order valence-electron chi connectivity index (χ4n) is 3.32. The summed E-state index contributed by atoms with van der Waals surface area (Å²) in [6.07, 6.45) is 2.34. The molecule has 6 heteroatoms. The van der Waals surface area contributed by atoms with Crippen molar-refractivity contribution < 1.29 is 13.2 Å². The van der Waals surface area contributed by atoms with E-state index in [0.29, 0.717) is 19.0 Å². The van der Waals surface area contributed by atoms with Gasteiger partial charge in [0.05, 0.1) is 17.7 Å². The van der Waals surface area contributed by atoms with Crippen LogP contribution in [0.5, 0.6) is 0 Å². The normalized spacial score (nSPS) is 20.4. The van der Waals surface area contributed by atoms with Gasteiger partial charge in [0.2, 0.25) is 15.9 Å². The monoisotopic (exact) mass is 366 g/mol. The van der Waals surface area contributed by atoms with Gasteiger partial charge < -0.3 is 5.32 Å². The third-order valence-corrected chi connectivity index (χ3v) is 6.59. The second-order valence-electron chi connectivity index (χ2n) is 7.20. The molecule has 0 unspecified atom stereocenters. The number of rotatable bonds is 7. The van der Waals surface area contributed by atoms with Gasteiger partial charge in [-0.2, -0.15) is 0 Å². The van der Waals surface area contributed by atoms with Gasteiger partial charge in [0.25, 0.3) is 0 Å². The molecular weight excluding hydrogens is 336 g/mol. The van der Waals surface area contributed by atoms with E-state index in [1.54, 1.807) is 6.92 Å². The van der Waals surface area contributed by atoms with Gasteiger partial charge in [0.1, 0.15) is 0 Å². The van der Waals surface area contributed by atoms with Crippen molar-refractivity contribution in [3.63, 3.8) is 0 Å². The van der Waals surface area contributed by atoms with E-state index < -0.39 is 10.0 Å². The molecule has 2 atom stereocenters. The lowest BCUT2D eigenvalue weighted by atomic mass is 9.94. The molecule has 0 radical (unpaired) electrons. The number of hydrogen-bond donors (Lipinski definition) is 1. The van der Waals surface area contributed by atoms with E-state index in [0.717, 1.165) is 24.8 Å². The highest BCUT2D eigenvalue weighted by atomic mass is 32.2. The highest BCUT2D eigenvalue weighted by Gasteiger charge is 2.32. The zero-order valence-electron chi connectivity index (χ0n) is 15.4. The first kappa shape index (κ1) is 19.9. The van der Waals surface area contributed by atoms with Crippen molar-refractivity contribution >= 4 is 15.9 Å². The standard InChI is InChI=1S/C19H30N2O3S/c1-4-25(23,24)21-12-8-11-17(14-21)19(22)20-18(13-15(2)3)16-9-6-5-7-10-16/h5-7,9-10,15,17-18H,4,8,11-14H2,1-3H3,(H,20,22)/t17-,18+/m1/s1. The van der Waals surface area contributed by atoms with Crippen LogP contribution < -0.4 is 5.32 Å². The molecule has 0 aromatic heterocycles. The van der Waals surface area contributed by atoms with E-state index in [-0.39, 0.29) is 23.6 Å². The van der Waals surface area contributed by atoms with E-state index in [1.165, 1.54) is 4.31 Å². The molecule has 25 heavy (non-hydrogen) atoms. The molecule has 0 spiro atoms. The molecule has 1 heterocycles. The minimum Gasteiger partial charge on any atom is -0.349 e. The van der Waals surface area contributed by atoms with Gasteiger partial charge >= 0.3 is 0 Å². The summed E-state index contributed by atoms with van der Waals surface area (Å²) in [5, 5.41) is 3.16. The van der Waals surface area contributed by atoms with Gasteiger partial charge in [0, 0.05) is 13.1 Å². The van der Waals surface area contributed by atoms with Crippen LogP contribution in [0.25, 0.3) is 0 Å². The Balaban J connectivity index is 2.07. The zero-order chi connectivity index (χ0) is 18.4. The average molecular weight is 367 g/mol. The molecule has 2 rings (SSSR count). The maximum absolute atomic E-state index is 12.8. The number of benzene rings is 1. The summed E-state index contributed by atoms with van der Waals surface area (Å²) in [4.78, 5) is 12.8. The Morgan fingerprint density at radius 2 is 1.96 bits per heavy atom. The summed E-state index contributed by atoms with van der Waals surface area (Å²) in [6.45, 7) is 6.74. The van der Waals surface area contributed by atoms with Gasteiger partial charge in [-0.15, -0.1) is 0 Å². The smallest absolute Gasteiger partial charge is 0.224 e. The van der Waals surface area contributed by atoms with Crippen molar-refractivity contribution in [2.75, 3.05) is 18.8 Å². The lowest BCUT2D eigenvalue weighted by Crippen LogP contribution is -2.46. The second-order valence-corrected chi connectivity index (χ2v) is 9.46. The molecule has 1 aliphatic rings. The SMILES string of the molecule is CCS(=O)(=O)N1CCC[C@@H](C(=O)N[C@@H](CC(C)C)c2ccccc2)C1. The molecule has 0 aliphatic carbocycles. The van der Waals surface area contributed by atoms with Crippen LogP contribution in [0, 0.1) is 11.8 Å². The largest absolute Gasteiger partial charge is 0.349 e. The van der Waals surface area contributed by atoms with Crippen molar-refractivity contribution in [3.05, 3.63) is 35.9 Å². The van der Waals surface area contributed by atoms with Crippen LogP contribution in [0.4, 0.5) is 0 Å². The average Bonchev–Trinajstić information content (AvgIpc) is 2.61. The first-order valence-electron chi connectivity index (χ1n) is 9.16. The topological polar surface area (TPSA) is 66.5 Å². The van der Waals surface area contributed by atoms with Crippen molar-refractivity contribution in [2.24, 2.45) is 11.8 Å². The lowest BCUT2D eigenvalue weighted by Gasteiger charge is -2.32. The van der Waals surface area contributed by atoms with Crippen LogP contribution >= 0.6 is 0 Å². The van der Waals surface area contributed by atoms with Crippen LogP contribution in [-0.2, 0) is 14.8 Å². The molecule has 140 valence electrons. The summed E-state index contributed by atoms with van der Waals surface area (Å²) in [7, 11) is -3.23. The summed E-state index contributed by atoms with van der Waals surface area (Å²) in [6, 6.07) is 9.94. The Bertz CT molecular complexity index is 659. The van der Waals surface area contributed by atoms with Gasteiger partial charge in [-0.05, 0) is 37.7 Å². The minimum atomic E-state index is -3.23. The molecule has 1 aromatic rings. The first-order valence-corrected chi connectivity index (χ1v) is 10.8. The third kappa shape index (κ3) is 5.54. The Hall–Kier alpha value is -1.40. The lowest BCUT2D eigenvalue weighted by molar-refractivity contribution is -0.127. The zero-order valence-corrected chi connectivity index (χ0v) is 16.3. The number of amides is 1. The van der Waals surface area contributed by atoms with Crippen molar-refractivity contribution in [1.29, 1.82) is 0 Å². The van der Waals surface area contributed by atoms with Crippen molar-refractivity contribution in [1.82, 2.24) is 9.62 Å². The number of carbonyl (C=O) groups excluding carboxylic acids is 1. The number of piperidine rings is 1. The van der Waals surface area contributed by atoms with Crippen LogP contribution in [0.15, 0.2) is 30.3 Å². The Morgan fingerprint density at radius 3 is 2.56 bits per heavy atom. The third-order valence-electron chi connectivity index (χ3n) is 4.74. The van der Waals surface area contributed by atoms with Crippen molar-refractivity contribution in [2.45, 2.75) is 46.1 Å². The molecular formula is C19H30N2O3S. The predicted molar refractivity (Wildman–Crippen MR) is 101 cm³/mol. The quantitative estimate of drug-likeness (QED) is 0.807. The van der Waals surface area contributed by atoms with E-state index in [2.05, 4.69) is 19.2 Å². The Labute approximate surface area is 151 Å². The molecule has 0 bridgehead atoms. The van der Waals surface area contributed by atoms with Gasteiger partial charge in [-0.25, -0.2) is 12.7 Å². The maximum Gasteiger partial charge on any atom is 0.224 e. The van der Waals surface area contributed by atoms with Gasteiger partial charge in [-0.3, -0.25) is 4.79 Å². The predicted octanol–water partition coefficient (Wildman–Crippen LogP) is 2.95. The molecule has 0 saturated carbocycles. The fraction of sp³-hybridized carbons (Fsp3) is 0.632. The second kappa shape index (κ2) is 8.81. The summed E-state index contributed by atoms with van der Waals surface area (Å²) in [5.74, 6) is 0.231. The number of nitrogens with one attached hydrogen (secondary N) is 1. The molecule has 5 nitrogen and oxygen atoms in total. The summed E-state index contributed by atoms with van der Waals surface area (Å²) < 4.78 is 25.7. The van der Waals surface area contributed by atoms with E-state index in [4.69, 9.17) is 0 Å². The number of carbonyl (C=O) groups is 1. The minimum absolute atomic E-state index is 0.0353. The fourth-order valence-corrected chi connectivity index (χ4v) is 4.50. The first-order chi connectivity index (χ1) is 11.8. The van der Waals surface area contributed by atoms with Crippen LogP contribution in [0.3, 0.4) is 0 Å². The number of nitrogens with zero attached hydrogens (tertiary/aromatic N) is 1. The van der Waals surface area contributed by atoms with Crippen molar-refractivity contribution in [3.8, 4) is 0 Å². The highest BCUT2D eigenvalue weighted by Crippen LogP contribution is 2.24. The Morgan fingerprint density at radius 1 is 1.28 bits per heavy atom. The van der Waals surface area contributed by atoms with E-state index in [1.807, 2.05) is 30.3 Å². The molecule has 1 fully saturated rings. The maximum atomic E-state index is 12.8. The van der Waals surface area contributed by atoms with Crippen LogP contribution in [0.1, 0.15) is 51.6 Å². The van der Waals surface area contributed by atoms with E-state index in [9.17, 15) is 13.2 Å². The molecule has 1 aromatic carbocycles. The molecule has 1 aliphatic heterocycles. The summed E-state index contributed by atoms with van der Waals surface area (Å²) >= 11 is 0. The number of sulfonamides is 1. The highest BCUT2D eigenvalue weighted by molar-refractivity contribution is 7.89. The van der Waals surface area contributed by atoms with Gasteiger partial charge in [-0.1, -0.05) is 44.2 Å².